The zero-order valence-corrected chi connectivity index (χ0v) is 12.1. The third-order valence-corrected chi connectivity index (χ3v) is 3.97. The first-order chi connectivity index (χ1) is 10.3. The summed E-state index contributed by atoms with van der Waals surface area (Å²) in [6.45, 7) is 0.802. The van der Waals surface area contributed by atoms with Crippen LogP contribution < -0.4 is 5.32 Å². The van der Waals surface area contributed by atoms with Gasteiger partial charge in [0.2, 0.25) is 0 Å². The van der Waals surface area contributed by atoms with Gasteiger partial charge in [-0.1, -0.05) is 24.3 Å². The number of pyridine rings is 1. The lowest BCUT2D eigenvalue weighted by Crippen LogP contribution is -2.31. The Morgan fingerprint density at radius 1 is 1.24 bits per heavy atom. The van der Waals surface area contributed by atoms with Crippen LogP contribution in [0.3, 0.4) is 0 Å². The third kappa shape index (κ3) is 2.61. The summed E-state index contributed by atoms with van der Waals surface area (Å²) >= 11 is 0. The Balaban J connectivity index is 1.91. The molecule has 2 heterocycles. The topological polar surface area (TPSA) is 45.2 Å². The molecule has 1 fully saturated rings. The lowest BCUT2D eigenvalue weighted by molar-refractivity contribution is 0.0736. The van der Waals surface area contributed by atoms with Crippen molar-refractivity contribution in [1.82, 2.24) is 9.88 Å². The molecular weight excluding hydrogens is 262 g/mol. The minimum absolute atomic E-state index is 0.101. The number of carbonyl (C=O) groups excluding carboxylic acids is 1. The first kappa shape index (κ1) is 13.6. The number of nitrogens with zero attached hydrogens (tertiary/aromatic N) is 2. The summed E-state index contributed by atoms with van der Waals surface area (Å²) in [5, 5.41) is 3.12. The van der Waals surface area contributed by atoms with E-state index in [9.17, 15) is 4.79 Å². The van der Waals surface area contributed by atoms with Crippen LogP contribution in [-0.2, 0) is 0 Å². The van der Waals surface area contributed by atoms with E-state index in [0.717, 1.165) is 36.3 Å². The fourth-order valence-electron chi connectivity index (χ4n) is 2.98. The van der Waals surface area contributed by atoms with Gasteiger partial charge in [0, 0.05) is 30.9 Å². The minimum atomic E-state index is 0.101. The van der Waals surface area contributed by atoms with Gasteiger partial charge >= 0.3 is 0 Å². The molecule has 1 aliphatic rings. The van der Waals surface area contributed by atoms with Crippen LogP contribution in [0, 0.1) is 0 Å². The van der Waals surface area contributed by atoms with E-state index in [4.69, 9.17) is 0 Å². The van der Waals surface area contributed by atoms with Crippen LogP contribution in [0.4, 0.5) is 5.82 Å². The maximum absolute atomic E-state index is 12.7. The number of anilines is 1. The summed E-state index contributed by atoms with van der Waals surface area (Å²) in [4.78, 5) is 19.0. The Hall–Kier alpha value is -2.36. The van der Waals surface area contributed by atoms with E-state index in [2.05, 4.69) is 16.4 Å². The zero-order valence-electron chi connectivity index (χ0n) is 12.1. The van der Waals surface area contributed by atoms with Crippen molar-refractivity contribution >= 4 is 11.7 Å². The van der Waals surface area contributed by atoms with E-state index < -0.39 is 0 Å². The van der Waals surface area contributed by atoms with Crippen molar-refractivity contribution in [2.75, 3.05) is 18.9 Å². The van der Waals surface area contributed by atoms with Crippen LogP contribution in [0.1, 0.15) is 34.8 Å². The van der Waals surface area contributed by atoms with Gasteiger partial charge < -0.3 is 10.2 Å². The van der Waals surface area contributed by atoms with Gasteiger partial charge in [-0.15, -0.1) is 0 Å². The molecule has 1 aromatic carbocycles. The average molecular weight is 281 g/mol. The lowest BCUT2D eigenvalue weighted by Gasteiger charge is -2.26. The Morgan fingerprint density at radius 2 is 2.05 bits per heavy atom. The Kier molecular flexibility index (Phi) is 3.86. The number of likely N-dealkylation sites (tertiary alicyclic amines) is 1. The van der Waals surface area contributed by atoms with Crippen LogP contribution in [0.5, 0.6) is 0 Å². The molecule has 2 aromatic rings. The molecule has 0 saturated carbocycles. The standard InChI is InChI=1S/C17H19N3O/c1-18-16-14(9-5-11-19-16)15-10-6-12-20(15)17(21)13-7-3-2-4-8-13/h2-5,7-9,11,15H,6,10,12H2,1H3,(H,18,19). The summed E-state index contributed by atoms with van der Waals surface area (Å²) in [7, 11) is 1.87. The molecule has 1 amide bonds. The summed E-state index contributed by atoms with van der Waals surface area (Å²) in [5.74, 6) is 0.958. The van der Waals surface area contributed by atoms with Crippen LogP contribution in [0.2, 0.25) is 0 Å². The number of amides is 1. The average Bonchev–Trinajstić information content (AvgIpc) is 3.04. The van der Waals surface area contributed by atoms with E-state index in [1.165, 1.54) is 0 Å². The Morgan fingerprint density at radius 3 is 2.81 bits per heavy atom. The van der Waals surface area contributed by atoms with Gasteiger partial charge in [-0.2, -0.15) is 0 Å². The van der Waals surface area contributed by atoms with Gasteiger partial charge in [0.1, 0.15) is 5.82 Å². The van der Waals surface area contributed by atoms with E-state index in [-0.39, 0.29) is 11.9 Å². The van der Waals surface area contributed by atoms with Crippen molar-refractivity contribution in [2.45, 2.75) is 18.9 Å². The Labute approximate surface area is 124 Å². The van der Waals surface area contributed by atoms with Gasteiger partial charge in [-0.3, -0.25) is 4.79 Å². The maximum Gasteiger partial charge on any atom is 0.254 e. The van der Waals surface area contributed by atoms with Crippen LogP contribution in [0.15, 0.2) is 48.7 Å². The van der Waals surface area contributed by atoms with E-state index >= 15 is 0 Å². The Bertz CT molecular complexity index is 627. The molecule has 1 saturated heterocycles. The normalized spacial score (nSPS) is 17.8. The van der Waals surface area contributed by atoms with Gasteiger partial charge in [-0.25, -0.2) is 4.98 Å². The van der Waals surface area contributed by atoms with Gasteiger partial charge in [-0.05, 0) is 31.0 Å². The van der Waals surface area contributed by atoms with Crippen molar-refractivity contribution in [3.05, 3.63) is 59.8 Å². The monoisotopic (exact) mass is 281 g/mol. The number of benzene rings is 1. The fraction of sp³-hybridized carbons (Fsp3) is 0.294. The summed E-state index contributed by atoms with van der Waals surface area (Å²) < 4.78 is 0. The van der Waals surface area contributed by atoms with Crippen molar-refractivity contribution in [2.24, 2.45) is 0 Å². The number of rotatable bonds is 3. The van der Waals surface area contributed by atoms with Crippen LogP contribution >= 0.6 is 0 Å². The highest BCUT2D eigenvalue weighted by atomic mass is 16.2. The molecule has 1 aliphatic heterocycles. The lowest BCUT2D eigenvalue weighted by atomic mass is 10.0. The summed E-state index contributed by atoms with van der Waals surface area (Å²) in [5.41, 5.74) is 1.85. The van der Waals surface area contributed by atoms with Crippen molar-refractivity contribution in [3.8, 4) is 0 Å². The fourth-order valence-corrected chi connectivity index (χ4v) is 2.98. The van der Waals surface area contributed by atoms with Gasteiger partial charge in [0.15, 0.2) is 0 Å². The molecule has 0 radical (unpaired) electrons. The second-order valence-electron chi connectivity index (χ2n) is 5.21. The maximum atomic E-state index is 12.7. The van der Waals surface area contributed by atoms with E-state index in [1.54, 1.807) is 6.20 Å². The zero-order chi connectivity index (χ0) is 14.7. The molecule has 108 valence electrons. The van der Waals surface area contributed by atoms with Gasteiger partial charge in [0.05, 0.1) is 6.04 Å². The van der Waals surface area contributed by atoms with Crippen molar-refractivity contribution in [1.29, 1.82) is 0 Å². The summed E-state index contributed by atoms with van der Waals surface area (Å²) in [6, 6.07) is 13.6. The van der Waals surface area contributed by atoms with E-state index in [1.807, 2.05) is 48.3 Å². The SMILES string of the molecule is CNc1ncccc1C1CCCN1C(=O)c1ccccc1. The molecule has 1 aromatic heterocycles. The minimum Gasteiger partial charge on any atom is -0.373 e. The highest BCUT2D eigenvalue weighted by Crippen LogP contribution is 2.35. The summed E-state index contributed by atoms with van der Waals surface area (Å²) in [6.07, 6.45) is 3.79. The molecule has 1 atom stereocenters. The first-order valence-electron chi connectivity index (χ1n) is 7.30. The quantitative estimate of drug-likeness (QED) is 0.940. The van der Waals surface area contributed by atoms with Crippen molar-refractivity contribution in [3.63, 3.8) is 0 Å². The highest BCUT2D eigenvalue weighted by molar-refractivity contribution is 5.94. The largest absolute Gasteiger partial charge is 0.373 e. The number of hydrogen-bond donors (Lipinski definition) is 1. The van der Waals surface area contributed by atoms with Gasteiger partial charge in [0.25, 0.3) is 5.91 Å². The van der Waals surface area contributed by atoms with Crippen molar-refractivity contribution < 1.29 is 4.79 Å². The number of aromatic nitrogens is 1. The van der Waals surface area contributed by atoms with E-state index in [0.29, 0.717) is 0 Å². The second kappa shape index (κ2) is 5.95. The molecule has 3 rings (SSSR count). The number of carbonyl (C=O) groups is 1. The molecule has 0 spiro atoms. The smallest absolute Gasteiger partial charge is 0.254 e. The molecular formula is C17H19N3O. The first-order valence-corrected chi connectivity index (χ1v) is 7.30. The molecule has 1 N–H and O–H groups in total. The predicted molar refractivity (Wildman–Crippen MR) is 83.2 cm³/mol. The third-order valence-electron chi connectivity index (χ3n) is 3.97. The molecule has 21 heavy (non-hydrogen) atoms. The van der Waals surface area contributed by atoms with Crippen LogP contribution in [0.25, 0.3) is 0 Å². The molecule has 1 unspecified atom stereocenters. The molecule has 0 aliphatic carbocycles. The molecule has 4 nitrogen and oxygen atoms in total. The number of nitrogens with one attached hydrogen (secondary N) is 1. The highest BCUT2D eigenvalue weighted by Gasteiger charge is 2.32. The number of hydrogen-bond acceptors (Lipinski definition) is 3. The van der Waals surface area contributed by atoms with Crippen LogP contribution in [-0.4, -0.2) is 29.4 Å². The second-order valence-corrected chi connectivity index (χ2v) is 5.21. The predicted octanol–water partition coefficient (Wildman–Crippen LogP) is 3.10. The molecule has 4 heteroatoms. The molecule has 0 bridgehead atoms.